The third-order valence-electron chi connectivity index (χ3n) is 7.36. The number of ether oxygens (including phenoxy) is 2. The summed E-state index contributed by atoms with van der Waals surface area (Å²) in [5.74, 6) is -1.42. The molecule has 1 aliphatic heterocycles. The molecule has 0 aromatic rings. The lowest BCUT2D eigenvalue weighted by Crippen LogP contribution is -2.53. The van der Waals surface area contributed by atoms with Crippen molar-refractivity contribution in [3.8, 4) is 0 Å². The number of hydrogen-bond donors (Lipinski definition) is 1. The van der Waals surface area contributed by atoms with Gasteiger partial charge in [-0.25, -0.2) is 0 Å². The second-order valence-corrected chi connectivity index (χ2v) is 13.9. The summed E-state index contributed by atoms with van der Waals surface area (Å²) in [5, 5.41) is 10.5. The van der Waals surface area contributed by atoms with Gasteiger partial charge in [0.25, 0.3) is 0 Å². The Hall–Kier alpha value is -0.273. The van der Waals surface area contributed by atoms with Crippen molar-refractivity contribution in [1.82, 2.24) is 0 Å². The van der Waals surface area contributed by atoms with E-state index in [1.807, 2.05) is 27.7 Å². The quantitative estimate of drug-likeness (QED) is 0.415. The Morgan fingerprint density at radius 1 is 0.966 bits per heavy atom. The Morgan fingerprint density at radius 2 is 1.45 bits per heavy atom. The highest BCUT2D eigenvalue weighted by molar-refractivity contribution is 6.73. The lowest BCUT2D eigenvalue weighted by Gasteiger charge is -2.44. The van der Waals surface area contributed by atoms with Crippen LogP contribution < -0.4 is 0 Å². The first kappa shape index (κ1) is 26.8. The lowest BCUT2D eigenvalue weighted by molar-refractivity contribution is -0.216. The number of aliphatic hydroxyl groups excluding tert-OH is 1. The van der Waals surface area contributed by atoms with Crippen LogP contribution in [-0.4, -0.2) is 50.4 Å². The summed E-state index contributed by atoms with van der Waals surface area (Å²) < 4.78 is 19.1. The van der Waals surface area contributed by atoms with Crippen LogP contribution >= 0.6 is 0 Å². The second-order valence-electron chi connectivity index (χ2n) is 9.19. The fraction of sp³-hybridized carbons (Fsp3) is 0.957. The summed E-state index contributed by atoms with van der Waals surface area (Å²) >= 11 is 0. The number of aliphatic hydroxyl groups is 1. The van der Waals surface area contributed by atoms with Crippen molar-refractivity contribution in [1.29, 1.82) is 0 Å². The fourth-order valence-corrected chi connectivity index (χ4v) is 7.74. The minimum atomic E-state index is -1.96. The van der Waals surface area contributed by atoms with Gasteiger partial charge in [-0.2, -0.15) is 0 Å². The normalized spacial score (nSPS) is 22.3. The van der Waals surface area contributed by atoms with Crippen molar-refractivity contribution in [3.05, 3.63) is 0 Å². The van der Waals surface area contributed by atoms with Gasteiger partial charge in [0.1, 0.15) is 5.78 Å². The van der Waals surface area contributed by atoms with Crippen LogP contribution in [0.2, 0.25) is 18.1 Å². The molecule has 0 amide bonds. The Kier molecular flexibility index (Phi) is 10.5. The summed E-state index contributed by atoms with van der Waals surface area (Å²) in [5.41, 5.74) is 0. The molecule has 0 aromatic carbocycles. The van der Waals surface area contributed by atoms with Gasteiger partial charge in [0, 0.05) is 17.8 Å². The molecule has 0 aliphatic carbocycles. The Labute approximate surface area is 180 Å². The topological polar surface area (TPSA) is 65.0 Å². The van der Waals surface area contributed by atoms with E-state index in [0.29, 0.717) is 13.2 Å². The zero-order chi connectivity index (χ0) is 22.4. The molecule has 1 fully saturated rings. The van der Waals surface area contributed by atoms with Crippen molar-refractivity contribution < 1.29 is 23.8 Å². The molecule has 1 N–H and O–H groups in total. The molecule has 0 aromatic heterocycles. The van der Waals surface area contributed by atoms with Crippen molar-refractivity contribution in [2.45, 2.75) is 105 Å². The number of rotatable bonds is 13. The van der Waals surface area contributed by atoms with E-state index in [1.54, 1.807) is 0 Å². The molecule has 1 saturated heterocycles. The monoisotopic (exact) mass is 430 g/mol. The highest BCUT2D eigenvalue weighted by Crippen LogP contribution is 2.40. The number of Topliss-reactive ketones (excluding diaryl/α,β-unsaturated/α-hetero) is 1. The molecule has 0 bridgehead atoms. The molecular formula is C23H46O5Si. The predicted molar refractivity (Wildman–Crippen MR) is 120 cm³/mol. The van der Waals surface area contributed by atoms with Crippen LogP contribution in [0.3, 0.4) is 0 Å². The second kappa shape index (κ2) is 11.4. The van der Waals surface area contributed by atoms with Crippen molar-refractivity contribution >= 4 is 14.1 Å². The van der Waals surface area contributed by atoms with Crippen LogP contribution in [0.15, 0.2) is 0 Å². The van der Waals surface area contributed by atoms with Crippen LogP contribution in [0.4, 0.5) is 0 Å². The number of ketones is 1. The van der Waals surface area contributed by atoms with E-state index < -0.39 is 26.1 Å². The molecule has 5 unspecified atom stereocenters. The first-order valence-electron chi connectivity index (χ1n) is 11.7. The molecular weight excluding hydrogens is 384 g/mol. The van der Waals surface area contributed by atoms with Gasteiger partial charge in [-0.15, -0.1) is 0 Å². The third-order valence-corrected chi connectivity index (χ3v) is 12.0. The molecule has 5 atom stereocenters. The predicted octanol–water partition coefficient (Wildman–Crippen LogP) is 5.02. The van der Waals surface area contributed by atoms with Gasteiger partial charge in [-0.1, -0.05) is 62.3 Å². The highest BCUT2D eigenvalue weighted by atomic mass is 28.4. The van der Waals surface area contributed by atoms with E-state index in [2.05, 4.69) is 34.6 Å². The maximum absolute atomic E-state index is 13.4. The first-order chi connectivity index (χ1) is 13.5. The smallest absolute Gasteiger partial charge is 0.192 e. The van der Waals surface area contributed by atoms with Crippen LogP contribution in [0.25, 0.3) is 0 Å². The molecule has 29 heavy (non-hydrogen) atoms. The summed E-state index contributed by atoms with van der Waals surface area (Å²) in [6.07, 6.45) is -0.211. The van der Waals surface area contributed by atoms with E-state index in [0.717, 1.165) is 24.6 Å². The Balaban J connectivity index is 3.26. The van der Waals surface area contributed by atoms with Crippen LogP contribution in [-0.2, 0) is 18.7 Å². The molecule has 0 spiro atoms. The van der Waals surface area contributed by atoms with E-state index in [1.165, 1.54) is 0 Å². The first-order valence-corrected chi connectivity index (χ1v) is 14.2. The van der Waals surface area contributed by atoms with Crippen LogP contribution in [0.1, 0.15) is 68.7 Å². The maximum Gasteiger partial charge on any atom is 0.192 e. The van der Waals surface area contributed by atoms with E-state index >= 15 is 0 Å². The van der Waals surface area contributed by atoms with E-state index in [9.17, 15) is 9.90 Å². The highest BCUT2D eigenvalue weighted by Gasteiger charge is 2.49. The number of hydrogen-bond acceptors (Lipinski definition) is 5. The van der Waals surface area contributed by atoms with Gasteiger partial charge in [-0.05, 0) is 30.5 Å². The Bertz CT molecular complexity index is 491. The van der Waals surface area contributed by atoms with Crippen molar-refractivity contribution in [2.24, 2.45) is 23.7 Å². The fourth-order valence-electron chi connectivity index (χ4n) is 4.76. The van der Waals surface area contributed by atoms with Crippen LogP contribution in [0.5, 0.6) is 0 Å². The minimum Gasteiger partial charge on any atom is -0.413 e. The molecule has 1 rings (SSSR count). The Morgan fingerprint density at radius 3 is 1.83 bits per heavy atom. The SMILES string of the molecule is CCC1(C(C)C(O[Si](CC)(CC)CC)C(C)C(=O)C(C)C(O)C(C)C)OCCO1. The average Bonchev–Trinajstić information content (AvgIpc) is 3.23. The lowest BCUT2D eigenvalue weighted by atomic mass is 9.79. The molecule has 172 valence electrons. The van der Waals surface area contributed by atoms with Gasteiger partial charge in [-0.3, -0.25) is 4.79 Å². The molecule has 5 nitrogen and oxygen atoms in total. The van der Waals surface area contributed by atoms with E-state index in [4.69, 9.17) is 13.9 Å². The number of carbonyl (C=O) groups is 1. The summed E-state index contributed by atoms with van der Waals surface area (Å²) in [4.78, 5) is 13.4. The third kappa shape index (κ3) is 5.91. The molecule has 0 saturated carbocycles. The summed E-state index contributed by atoms with van der Waals surface area (Å²) in [6.45, 7) is 19.6. The van der Waals surface area contributed by atoms with Crippen molar-refractivity contribution in [3.63, 3.8) is 0 Å². The zero-order valence-electron chi connectivity index (χ0n) is 20.3. The van der Waals surface area contributed by atoms with Crippen LogP contribution in [0, 0.1) is 23.7 Å². The zero-order valence-corrected chi connectivity index (χ0v) is 21.3. The van der Waals surface area contributed by atoms with Gasteiger partial charge < -0.3 is 19.0 Å². The van der Waals surface area contributed by atoms with E-state index in [-0.39, 0.29) is 29.6 Å². The number of carbonyl (C=O) groups excluding carboxylic acids is 1. The van der Waals surface area contributed by atoms with Gasteiger partial charge >= 0.3 is 0 Å². The van der Waals surface area contributed by atoms with Gasteiger partial charge in [0.15, 0.2) is 14.1 Å². The van der Waals surface area contributed by atoms with Crippen molar-refractivity contribution in [2.75, 3.05) is 13.2 Å². The summed E-state index contributed by atoms with van der Waals surface area (Å²) in [6, 6.07) is 3.07. The molecule has 6 heteroatoms. The maximum atomic E-state index is 13.4. The molecule has 1 heterocycles. The van der Waals surface area contributed by atoms with Gasteiger partial charge in [0.2, 0.25) is 0 Å². The van der Waals surface area contributed by atoms with Gasteiger partial charge in [0.05, 0.1) is 25.4 Å². The molecule has 1 aliphatic rings. The summed E-state index contributed by atoms with van der Waals surface area (Å²) in [7, 11) is -1.96. The average molecular weight is 431 g/mol. The largest absolute Gasteiger partial charge is 0.413 e. The molecule has 0 radical (unpaired) electrons. The minimum absolute atomic E-state index is 0.0387. The standard InChI is InChI=1S/C23H46O5Si/c1-10-23(26-14-15-27-23)19(9)22(28-29(11-2,12-3)13-4)18(8)21(25)17(7)20(24)16(5)6/h16-20,22,24H,10-15H2,1-9H3.